The van der Waals surface area contributed by atoms with E-state index in [1.165, 1.54) is 19.3 Å². The lowest BCUT2D eigenvalue weighted by molar-refractivity contribution is 0.0951. The number of rotatable bonds is 4. The third-order valence-corrected chi connectivity index (χ3v) is 4.84. The number of methoxy groups -OCH3 is 2. The van der Waals surface area contributed by atoms with Gasteiger partial charge in [-0.1, -0.05) is 19.3 Å². The number of pyridine rings is 1. The molecule has 1 aliphatic rings. The number of carbonyl (C=O) groups excluding carboxylic acids is 1. The molecule has 1 aliphatic carbocycles. The summed E-state index contributed by atoms with van der Waals surface area (Å²) in [6.07, 6.45) is 7.66. The molecule has 5 nitrogen and oxygen atoms in total. The highest BCUT2D eigenvalue weighted by atomic mass is 16.5. The van der Waals surface area contributed by atoms with Crippen LogP contribution in [0.4, 0.5) is 0 Å². The van der Waals surface area contributed by atoms with Gasteiger partial charge in [-0.2, -0.15) is 0 Å². The van der Waals surface area contributed by atoms with Gasteiger partial charge in [-0.05, 0) is 55.7 Å². The fraction of sp³-hybridized carbons (Fsp3) is 0.429. The van der Waals surface area contributed by atoms with E-state index in [-0.39, 0.29) is 11.9 Å². The van der Waals surface area contributed by atoms with E-state index in [2.05, 4.69) is 0 Å². The quantitative estimate of drug-likeness (QED) is 0.840. The van der Waals surface area contributed by atoms with Crippen molar-refractivity contribution in [2.45, 2.75) is 45.1 Å². The normalized spacial score (nSPS) is 15.7. The van der Waals surface area contributed by atoms with Crippen molar-refractivity contribution in [1.29, 1.82) is 0 Å². The third-order valence-electron chi connectivity index (χ3n) is 4.84. The van der Waals surface area contributed by atoms with Crippen molar-refractivity contribution in [2.24, 2.45) is 4.99 Å². The van der Waals surface area contributed by atoms with Gasteiger partial charge in [0.1, 0.15) is 17.0 Å². The Morgan fingerprint density at radius 2 is 1.85 bits per heavy atom. The topological polar surface area (TPSA) is 52.8 Å². The zero-order chi connectivity index (χ0) is 18.5. The highest BCUT2D eigenvalue weighted by Gasteiger charge is 2.17. The first kappa shape index (κ1) is 18.2. The van der Waals surface area contributed by atoms with Gasteiger partial charge in [-0.15, -0.1) is 0 Å². The Hall–Kier alpha value is -2.56. The number of ether oxygens (including phenoxy) is 2. The van der Waals surface area contributed by atoms with Crippen molar-refractivity contribution in [3.8, 4) is 11.5 Å². The average Bonchev–Trinajstić information content (AvgIpc) is 2.68. The summed E-state index contributed by atoms with van der Waals surface area (Å²) < 4.78 is 12.3. The number of hydrogen-bond donors (Lipinski definition) is 0. The lowest BCUT2D eigenvalue weighted by Gasteiger charge is -2.18. The minimum absolute atomic E-state index is 0.171. The zero-order valence-electron chi connectivity index (χ0n) is 15.7. The molecule has 1 aromatic heterocycles. The van der Waals surface area contributed by atoms with Crippen molar-refractivity contribution in [2.75, 3.05) is 14.2 Å². The molecule has 0 N–H and O–H groups in total. The largest absolute Gasteiger partial charge is 0.497 e. The lowest BCUT2D eigenvalue weighted by atomic mass is 9.96. The van der Waals surface area contributed by atoms with Crippen LogP contribution in [0.25, 0.3) is 0 Å². The van der Waals surface area contributed by atoms with E-state index in [4.69, 9.17) is 14.5 Å². The van der Waals surface area contributed by atoms with Crippen LogP contribution < -0.4 is 15.0 Å². The van der Waals surface area contributed by atoms with Gasteiger partial charge in [0.05, 0.1) is 25.8 Å². The Balaban J connectivity index is 2.06. The zero-order valence-corrected chi connectivity index (χ0v) is 15.7. The molecule has 0 spiro atoms. The molecular weight excluding hydrogens is 328 g/mol. The van der Waals surface area contributed by atoms with Crippen LogP contribution in [0, 0.1) is 6.92 Å². The second kappa shape index (κ2) is 8.21. The summed E-state index contributed by atoms with van der Waals surface area (Å²) in [5, 5.41) is 0. The minimum Gasteiger partial charge on any atom is -0.497 e. The first-order valence-electron chi connectivity index (χ1n) is 9.12. The number of nitrogens with zero attached hydrogens (tertiary/aromatic N) is 2. The van der Waals surface area contributed by atoms with Crippen molar-refractivity contribution < 1.29 is 14.3 Å². The van der Waals surface area contributed by atoms with Crippen molar-refractivity contribution in [1.82, 2.24) is 4.57 Å². The van der Waals surface area contributed by atoms with Crippen LogP contribution in [0.3, 0.4) is 0 Å². The van der Waals surface area contributed by atoms with Crippen molar-refractivity contribution >= 4 is 5.91 Å². The molecule has 0 aliphatic heterocycles. The fourth-order valence-corrected chi connectivity index (χ4v) is 3.37. The maximum atomic E-state index is 13.2. The van der Waals surface area contributed by atoms with E-state index >= 15 is 0 Å². The molecule has 1 saturated carbocycles. The van der Waals surface area contributed by atoms with Crippen LogP contribution in [0.2, 0.25) is 0 Å². The number of aromatic nitrogens is 1. The van der Waals surface area contributed by atoms with Crippen molar-refractivity contribution in [3.63, 3.8) is 0 Å². The van der Waals surface area contributed by atoms with Crippen LogP contribution in [0.1, 0.15) is 48.0 Å². The van der Waals surface area contributed by atoms with Gasteiger partial charge in [-0.25, -0.2) is 0 Å². The van der Waals surface area contributed by atoms with Crippen LogP contribution >= 0.6 is 0 Å². The smallest absolute Gasteiger partial charge is 0.267 e. The Morgan fingerprint density at radius 1 is 1.08 bits per heavy atom. The lowest BCUT2D eigenvalue weighted by Crippen LogP contribution is -2.30. The van der Waals surface area contributed by atoms with Crippen LogP contribution in [0.5, 0.6) is 11.5 Å². The van der Waals surface area contributed by atoms with Gasteiger partial charge in [-0.3, -0.25) is 14.4 Å². The highest BCUT2D eigenvalue weighted by molar-refractivity contribution is 5.98. The second-order valence-electron chi connectivity index (χ2n) is 6.72. The Labute approximate surface area is 154 Å². The Kier molecular flexibility index (Phi) is 5.76. The van der Waals surface area contributed by atoms with E-state index in [0.29, 0.717) is 22.6 Å². The van der Waals surface area contributed by atoms with Crippen molar-refractivity contribution in [3.05, 3.63) is 53.1 Å². The molecule has 0 amide bonds. The molecular formula is C21H26N2O3. The number of benzene rings is 1. The van der Waals surface area contributed by atoms with E-state index in [1.807, 2.05) is 19.1 Å². The third kappa shape index (κ3) is 3.98. The number of carbonyl (C=O) groups is 1. The maximum absolute atomic E-state index is 13.2. The average molecular weight is 354 g/mol. The van der Waals surface area contributed by atoms with Gasteiger partial charge in [0, 0.05) is 6.20 Å². The summed E-state index contributed by atoms with van der Waals surface area (Å²) >= 11 is 0. The SMILES string of the molecule is COc1ccc(OC)c(C(=O)n2ccc(C)cc2=NC2CCCCC2)c1. The first-order valence-corrected chi connectivity index (χ1v) is 9.12. The minimum atomic E-state index is -0.171. The van der Waals surface area contributed by atoms with Crippen LogP contribution in [0.15, 0.2) is 41.5 Å². The molecule has 1 aromatic carbocycles. The highest BCUT2D eigenvalue weighted by Crippen LogP contribution is 2.25. The number of hydrogen-bond acceptors (Lipinski definition) is 4. The van der Waals surface area contributed by atoms with Gasteiger partial charge in [0.15, 0.2) is 0 Å². The molecule has 1 heterocycles. The van der Waals surface area contributed by atoms with E-state index in [1.54, 1.807) is 43.2 Å². The predicted molar refractivity (Wildman–Crippen MR) is 101 cm³/mol. The first-order chi connectivity index (χ1) is 12.6. The molecule has 0 bridgehead atoms. The standard InChI is InChI=1S/C21H26N2O3/c1-15-11-12-23(20(13-15)22-16-7-5-4-6-8-16)21(24)18-14-17(25-2)9-10-19(18)26-3/h9-14,16H,4-8H2,1-3H3. The fourth-order valence-electron chi connectivity index (χ4n) is 3.37. The summed E-state index contributed by atoms with van der Waals surface area (Å²) in [4.78, 5) is 18.1. The molecule has 138 valence electrons. The van der Waals surface area contributed by atoms with Gasteiger partial charge in [0.25, 0.3) is 5.91 Å². The van der Waals surface area contributed by atoms with E-state index in [0.717, 1.165) is 18.4 Å². The van der Waals surface area contributed by atoms with Crippen LogP contribution in [-0.2, 0) is 0 Å². The molecule has 0 radical (unpaired) electrons. The molecule has 26 heavy (non-hydrogen) atoms. The molecule has 2 aromatic rings. The van der Waals surface area contributed by atoms with Gasteiger partial charge < -0.3 is 9.47 Å². The molecule has 0 atom stereocenters. The monoisotopic (exact) mass is 354 g/mol. The molecule has 1 fully saturated rings. The summed E-state index contributed by atoms with van der Waals surface area (Å²) in [7, 11) is 3.14. The van der Waals surface area contributed by atoms with Gasteiger partial charge in [0.2, 0.25) is 0 Å². The molecule has 0 saturated heterocycles. The number of aryl methyl sites for hydroxylation is 1. The predicted octanol–water partition coefficient (Wildman–Crippen LogP) is 3.74. The summed E-state index contributed by atoms with van der Waals surface area (Å²) in [5.41, 5.74) is 2.24. The molecule has 3 rings (SSSR count). The molecule has 0 unspecified atom stereocenters. The second-order valence-corrected chi connectivity index (χ2v) is 6.72. The Bertz CT molecular complexity index is 849. The maximum Gasteiger partial charge on any atom is 0.267 e. The van der Waals surface area contributed by atoms with E-state index < -0.39 is 0 Å². The summed E-state index contributed by atoms with van der Waals surface area (Å²) in [5.74, 6) is 0.968. The Morgan fingerprint density at radius 3 is 2.54 bits per heavy atom. The summed E-state index contributed by atoms with van der Waals surface area (Å²) in [6, 6.07) is 9.42. The summed E-state index contributed by atoms with van der Waals surface area (Å²) in [6.45, 7) is 2.01. The van der Waals surface area contributed by atoms with Gasteiger partial charge >= 0.3 is 0 Å². The molecule has 5 heteroatoms. The van der Waals surface area contributed by atoms with E-state index in [9.17, 15) is 4.79 Å². The van der Waals surface area contributed by atoms with Crippen LogP contribution in [-0.4, -0.2) is 30.7 Å².